The molecule has 3 amide bonds. The Hall–Kier alpha value is -4.98. The fourth-order valence-corrected chi connectivity index (χ4v) is 5.02. The lowest BCUT2D eigenvalue weighted by atomic mass is 9.98. The molecule has 0 saturated heterocycles. The number of rotatable bonds is 9. The van der Waals surface area contributed by atoms with Gasteiger partial charge in [0.25, 0.3) is 5.91 Å². The van der Waals surface area contributed by atoms with Gasteiger partial charge < -0.3 is 30.3 Å². The number of hydrogen-bond acceptors (Lipinski definition) is 5. The zero-order chi connectivity index (χ0) is 28.6. The second kappa shape index (κ2) is 12.9. The predicted octanol–water partition coefficient (Wildman–Crippen LogP) is 5.88. The second-order valence-corrected chi connectivity index (χ2v) is 9.81. The number of amides is 3. The van der Waals surface area contributed by atoms with E-state index < -0.39 is 6.03 Å². The Morgan fingerprint density at radius 1 is 0.829 bits per heavy atom. The molecule has 1 aliphatic rings. The lowest BCUT2D eigenvalue weighted by Gasteiger charge is -2.32. The molecule has 0 fully saturated rings. The number of carbonyl (C=O) groups is 2. The molecule has 4 aromatic rings. The maximum Gasteiger partial charge on any atom is 0.323 e. The van der Waals surface area contributed by atoms with Crippen LogP contribution in [0.25, 0.3) is 0 Å². The van der Waals surface area contributed by atoms with Gasteiger partial charge in [-0.3, -0.25) is 4.79 Å². The smallest absolute Gasteiger partial charge is 0.323 e. The molecule has 0 atom stereocenters. The van der Waals surface area contributed by atoms with E-state index in [-0.39, 0.29) is 5.91 Å². The van der Waals surface area contributed by atoms with Crippen molar-refractivity contribution in [2.75, 3.05) is 42.8 Å². The van der Waals surface area contributed by atoms with Crippen LogP contribution in [0.4, 0.5) is 21.9 Å². The lowest BCUT2D eigenvalue weighted by Crippen LogP contribution is -2.33. The Morgan fingerprint density at radius 3 is 2.39 bits per heavy atom. The van der Waals surface area contributed by atoms with Crippen molar-refractivity contribution in [3.63, 3.8) is 0 Å². The predicted molar refractivity (Wildman–Crippen MR) is 162 cm³/mol. The Balaban J connectivity index is 1.35. The minimum atomic E-state index is -0.455. The molecule has 0 radical (unpaired) electrons. The standard InChI is InChI=1S/C33H34N4O4/c1-40-27-13-14-29(31(21-27)41-2)36-33(39)35-26-12-15-30(37-19-17-24-10-6-7-11-25(24)22-37)28(20-26)32(38)34-18-16-23-8-4-3-5-9-23/h3-15,20-21H,16-19,22H2,1-2H3,(H,34,38)(H2,35,36,39). The van der Waals surface area contributed by atoms with Crippen LogP contribution in [0, 0.1) is 0 Å². The van der Waals surface area contributed by atoms with Gasteiger partial charge in [-0.2, -0.15) is 0 Å². The molecule has 8 heteroatoms. The number of fused-ring (bicyclic) bond motifs is 1. The minimum Gasteiger partial charge on any atom is -0.497 e. The fourth-order valence-electron chi connectivity index (χ4n) is 5.02. The summed E-state index contributed by atoms with van der Waals surface area (Å²) >= 11 is 0. The second-order valence-electron chi connectivity index (χ2n) is 9.81. The van der Waals surface area contributed by atoms with Crippen LogP contribution in [0.5, 0.6) is 11.5 Å². The largest absolute Gasteiger partial charge is 0.497 e. The summed E-state index contributed by atoms with van der Waals surface area (Å²) in [6.07, 6.45) is 1.63. The number of carbonyl (C=O) groups excluding carboxylic acids is 2. The first kappa shape index (κ1) is 27.6. The SMILES string of the molecule is COc1ccc(NC(=O)Nc2ccc(N3CCc4ccccc4C3)c(C(=O)NCCc3ccccc3)c2)c(OC)c1. The third kappa shape index (κ3) is 6.78. The van der Waals surface area contributed by atoms with E-state index in [0.717, 1.165) is 30.6 Å². The quantitative estimate of drug-likeness (QED) is 0.242. The van der Waals surface area contributed by atoms with Crippen LogP contribution in [-0.4, -0.2) is 39.2 Å². The maximum absolute atomic E-state index is 13.5. The normalized spacial score (nSPS) is 12.2. The average Bonchev–Trinajstić information content (AvgIpc) is 3.01. The van der Waals surface area contributed by atoms with Crippen molar-refractivity contribution in [2.45, 2.75) is 19.4 Å². The zero-order valence-electron chi connectivity index (χ0n) is 23.3. The highest BCUT2D eigenvalue weighted by Crippen LogP contribution is 2.31. The van der Waals surface area contributed by atoms with Gasteiger partial charge in [0.2, 0.25) is 0 Å². The molecule has 0 saturated carbocycles. The van der Waals surface area contributed by atoms with Crippen LogP contribution < -0.4 is 30.3 Å². The van der Waals surface area contributed by atoms with Crippen LogP contribution in [0.1, 0.15) is 27.0 Å². The molecular weight excluding hydrogens is 516 g/mol. The van der Waals surface area contributed by atoms with Crippen molar-refractivity contribution in [3.8, 4) is 11.5 Å². The molecule has 4 aromatic carbocycles. The Bertz CT molecular complexity index is 1520. The maximum atomic E-state index is 13.5. The zero-order valence-corrected chi connectivity index (χ0v) is 23.3. The van der Waals surface area contributed by atoms with Gasteiger partial charge in [0.1, 0.15) is 11.5 Å². The molecule has 1 heterocycles. The summed E-state index contributed by atoms with van der Waals surface area (Å²) in [4.78, 5) is 28.7. The highest BCUT2D eigenvalue weighted by molar-refractivity contribution is 6.04. The molecule has 1 aliphatic heterocycles. The number of benzene rings is 4. The van der Waals surface area contributed by atoms with Crippen molar-refractivity contribution in [3.05, 3.63) is 113 Å². The monoisotopic (exact) mass is 550 g/mol. The number of nitrogens with zero attached hydrogens (tertiary/aromatic N) is 1. The van der Waals surface area contributed by atoms with E-state index in [2.05, 4.69) is 39.0 Å². The number of nitrogens with one attached hydrogen (secondary N) is 3. The van der Waals surface area contributed by atoms with E-state index in [4.69, 9.17) is 9.47 Å². The number of urea groups is 1. The molecule has 210 valence electrons. The molecule has 0 aromatic heterocycles. The first-order chi connectivity index (χ1) is 20.0. The number of methoxy groups -OCH3 is 2. The van der Waals surface area contributed by atoms with Gasteiger partial charge in [-0.1, -0.05) is 54.6 Å². The highest BCUT2D eigenvalue weighted by Gasteiger charge is 2.22. The molecule has 3 N–H and O–H groups in total. The Kier molecular flexibility index (Phi) is 8.69. The van der Waals surface area contributed by atoms with Crippen LogP contribution >= 0.6 is 0 Å². The van der Waals surface area contributed by atoms with Crippen LogP contribution in [0.15, 0.2) is 91.0 Å². The van der Waals surface area contributed by atoms with Gasteiger partial charge in [0, 0.05) is 37.1 Å². The third-order valence-corrected chi connectivity index (χ3v) is 7.17. The van der Waals surface area contributed by atoms with Crippen molar-refractivity contribution >= 4 is 29.0 Å². The average molecular weight is 551 g/mol. The number of ether oxygens (including phenoxy) is 2. The first-order valence-corrected chi connectivity index (χ1v) is 13.6. The topological polar surface area (TPSA) is 91.9 Å². The summed E-state index contributed by atoms with van der Waals surface area (Å²) in [6, 6.07) is 28.6. The summed E-state index contributed by atoms with van der Waals surface area (Å²) in [5, 5.41) is 8.74. The molecular formula is C33H34N4O4. The van der Waals surface area contributed by atoms with Gasteiger partial charge in [0.15, 0.2) is 0 Å². The van der Waals surface area contributed by atoms with E-state index in [0.29, 0.717) is 41.5 Å². The van der Waals surface area contributed by atoms with E-state index in [1.807, 2.05) is 48.5 Å². The molecule has 8 nitrogen and oxygen atoms in total. The fraction of sp³-hybridized carbons (Fsp3) is 0.212. The summed E-state index contributed by atoms with van der Waals surface area (Å²) in [6.45, 7) is 2.01. The number of anilines is 3. The Morgan fingerprint density at radius 2 is 1.61 bits per heavy atom. The number of hydrogen-bond donors (Lipinski definition) is 3. The highest BCUT2D eigenvalue weighted by atomic mass is 16.5. The van der Waals surface area contributed by atoms with Crippen molar-refractivity contribution in [1.29, 1.82) is 0 Å². The van der Waals surface area contributed by atoms with Gasteiger partial charge in [-0.05, 0) is 59.9 Å². The van der Waals surface area contributed by atoms with Crippen molar-refractivity contribution in [2.24, 2.45) is 0 Å². The van der Waals surface area contributed by atoms with Crippen LogP contribution in [-0.2, 0) is 19.4 Å². The summed E-state index contributed by atoms with van der Waals surface area (Å²) in [7, 11) is 3.09. The Labute approximate surface area is 240 Å². The van der Waals surface area contributed by atoms with E-state index >= 15 is 0 Å². The van der Waals surface area contributed by atoms with Gasteiger partial charge in [0.05, 0.1) is 25.5 Å². The minimum absolute atomic E-state index is 0.185. The van der Waals surface area contributed by atoms with E-state index in [9.17, 15) is 9.59 Å². The summed E-state index contributed by atoms with van der Waals surface area (Å²) < 4.78 is 10.6. The van der Waals surface area contributed by atoms with Crippen molar-refractivity contribution in [1.82, 2.24) is 5.32 Å². The lowest BCUT2D eigenvalue weighted by molar-refractivity contribution is 0.0954. The van der Waals surface area contributed by atoms with Crippen molar-refractivity contribution < 1.29 is 19.1 Å². The van der Waals surface area contributed by atoms with Crippen LogP contribution in [0.3, 0.4) is 0 Å². The van der Waals surface area contributed by atoms with Crippen LogP contribution in [0.2, 0.25) is 0 Å². The summed E-state index contributed by atoms with van der Waals surface area (Å²) in [5.41, 5.74) is 6.09. The third-order valence-electron chi connectivity index (χ3n) is 7.17. The molecule has 0 aliphatic carbocycles. The molecule has 41 heavy (non-hydrogen) atoms. The molecule has 0 bridgehead atoms. The van der Waals surface area contributed by atoms with Gasteiger partial charge in [-0.15, -0.1) is 0 Å². The van der Waals surface area contributed by atoms with Gasteiger partial charge in [-0.25, -0.2) is 4.79 Å². The summed E-state index contributed by atoms with van der Waals surface area (Å²) in [5.74, 6) is 0.904. The molecule has 0 unspecified atom stereocenters. The van der Waals surface area contributed by atoms with E-state index in [1.165, 1.54) is 18.2 Å². The first-order valence-electron chi connectivity index (χ1n) is 13.6. The molecule has 0 spiro atoms. The molecule has 5 rings (SSSR count). The van der Waals surface area contributed by atoms with Gasteiger partial charge >= 0.3 is 6.03 Å². The van der Waals surface area contributed by atoms with E-state index in [1.54, 1.807) is 31.4 Å².